The van der Waals surface area contributed by atoms with Crippen molar-refractivity contribution in [3.8, 4) is 11.6 Å². The normalized spacial score (nSPS) is 10.7. The lowest BCUT2D eigenvalue weighted by Gasteiger charge is -2.07. The zero-order valence-electron chi connectivity index (χ0n) is 10.6. The van der Waals surface area contributed by atoms with Crippen molar-refractivity contribution in [2.45, 2.75) is 6.61 Å². The molecule has 2 heterocycles. The number of hydrogen-bond acceptors (Lipinski definition) is 5. The number of aromatic nitrogens is 4. The van der Waals surface area contributed by atoms with Gasteiger partial charge in [0.25, 0.3) is 0 Å². The third-order valence-corrected chi connectivity index (χ3v) is 2.93. The van der Waals surface area contributed by atoms with E-state index in [1.165, 1.54) is 0 Å². The maximum atomic E-state index is 5.84. The highest BCUT2D eigenvalue weighted by Gasteiger charge is 2.10. The predicted molar refractivity (Wildman–Crippen MR) is 74.0 cm³/mol. The first kappa shape index (κ1) is 12.7. The minimum atomic E-state index is 0.113. The van der Waals surface area contributed by atoms with Crippen molar-refractivity contribution in [1.82, 2.24) is 20.2 Å². The molecule has 0 unspecified atom stereocenters. The summed E-state index contributed by atoms with van der Waals surface area (Å²) in [5, 5.41) is 7.44. The van der Waals surface area contributed by atoms with Crippen LogP contribution in [0.1, 0.15) is 5.56 Å². The van der Waals surface area contributed by atoms with Crippen molar-refractivity contribution >= 4 is 22.6 Å². The highest BCUT2D eigenvalue weighted by molar-refractivity contribution is 6.28. The van der Waals surface area contributed by atoms with Gasteiger partial charge in [0.2, 0.25) is 11.2 Å². The van der Waals surface area contributed by atoms with Gasteiger partial charge >= 0.3 is 0 Å². The minimum Gasteiger partial charge on any atom is -0.497 e. The summed E-state index contributed by atoms with van der Waals surface area (Å²) in [7, 11) is 1.62. The fourth-order valence-corrected chi connectivity index (χ4v) is 1.97. The van der Waals surface area contributed by atoms with E-state index in [1.807, 2.05) is 24.3 Å². The van der Waals surface area contributed by atoms with Gasteiger partial charge in [-0.2, -0.15) is 15.1 Å². The first-order chi connectivity index (χ1) is 9.76. The van der Waals surface area contributed by atoms with Crippen LogP contribution in [0.15, 0.2) is 30.5 Å². The zero-order valence-corrected chi connectivity index (χ0v) is 11.4. The van der Waals surface area contributed by atoms with E-state index < -0.39 is 0 Å². The lowest BCUT2D eigenvalue weighted by molar-refractivity contribution is 0.297. The molecule has 0 aliphatic heterocycles. The number of ether oxygens (including phenoxy) is 2. The Morgan fingerprint density at radius 2 is 2.20 bits per heavy atom. The van der Waals surface area contributed by atoms with Crippen molar-refractivity contribution in [2.24, 2.45) is 0 Å². The van der Waals surface area contributed by atoms with E-state index in [9.17, 15) is 0 Å². The van der Waals surface area contributed by atoms with Crippen LogP contribution in [-0.4, -0.2) is 27.3 Å². The van der Waals surface area contributed by atoms with Crippen LogP contribution >= 0.6 is 11.6 Å². The third-order valence-electron chi connectivity index (χ3n) is 2.76. The Balaban J connectivity index is 1.84. The highest BCUT2D eigenvalue weighted by atomic mass is 35.5. The molecule has 1 aromatic carbocycles. The third kappa shape index (κ3) is 2.50. The number of benzene rings is 1. The van der Waals surface area contributed by atoms with Crippen LogP contribution in [-0.2, 0) is 6.61 Å². The minimum absolute atomic E-state index is 0.113. The second kappa shape index (κ2) is 5.34. The van der Waals surface area contributed by atoms with E-state index >= 15 is 0 Å². The summed E-state index contributed by atoms with van der Waals surface area (Å²) in [4.78, 5) is 8.09. The monoisotopic (exact) mass is 290 g/mol. The van der Waals surface area contributed by atoms with Crippen molar-refractivity contribution in [1.29, 1.82) is 0 Å². The molecular weight excluding hydrogens is 280 g/mol. The van der Waals surface area contributed by atoms with Gasteiger partial charge in [0.15, 0.2) is 5.65 Å². The number of aromatic amines is 1. The number of rotatable bonds is 4. The van der Waals surface area contributed by atoms with E-state index in [1.54, 1.807) is 13.3 Å². The summed E-state index contributed by atoms with van der Waals surface area (Å²) in [6.07, 6.45) is 1.60. The van der Waals surface area contributed by atoms with Gasteiger partial charge < -0.3 is 9.47 Å². The molecule has 0 atom stereocenters. The number of H-pyrrole nitrogens is 1. The molecule has 6 nitrogen and oxygen atoms in total. The number of fused-ring (bicyclic) bond motifs is 1. The fraction of sp³-hybridized carbons (Fsp3) is 0.154. The maximum Gasteiger partial charge on any atom is 0.229 e. The number of nitrogens with zero attached hydrogens (tertiary/aromatic N) is 3. The molecule has 0 saturated carbocycles. The van der Waals surface area contributed by atoms with Gasteiger partial charge in [0, 0.05) is 0 Å². The largest absolute Gasteiger partial charge is 0.497 e. The van der Waals surface area contributed by atoms with Crippen molar-refractivity contribution in [2.75, 3.05) is 7.11 Å². The Kier molecular flexibility index (Phi) is 3.39. The number of methoxy groups -OCH3 is 1. The molecule has 0 aliphatic carbocycles. The summed E-state index contributed by atoms with van der Waals surface area (Å²) in [6.45, 7) is 0.352. The van der Waals surface area contributed by atoms with Crippen LogP contribution in [0.25, 0.3) is 11.0 Å². The second-order valence-electron chi connectivity index (χ2n) is 4.07. The molecule has 0 spiro atoms. The number of nitrogens with one attached hydrogen (secondary N) is 1. The van der Waals surface area contributed by atoms with Gasteiger partial charge in [-0.15, -0.1) is 0 Å². The van der Waals surface area contributed by atoms with E-state index in [0.717, 1.165) is 11.3 Å². The Labute approximate surface area is 119 Å². The molecule has 0 aliphatic rings. The Morgan fingerprint density at radius 1 is 1.30 bits per heavy atom. The first-order valence-corrected chi connectivity index (χ1v) is 6.26. The summed E-state index contributed by atoms with van der Waals surface area (Å²) in [5.41, 5.74) is 1.52. The molecule has 3 rings (SSSR count). The molecule has 0 radical (unpaired) electrons. The molecule has 0 bridgehead atoms. The van der Waals surface area contributed by atoms with Gasteiger partial charge in [0.05, 0.1) is 13.3 Å². The molecule has 0 amide bonds. The van der Waals surface area contributed by atoms with Gasteiger partial charge in [-0.3, -0.25) is 5.10 Å². The summed E-state index contributed by atoms with van der Waals surface area (Å²) < 4.78 is 10.9. The van der Waals surface area contributed by atoms with Crippen LogP contribution in [0, 0.1) is 0 Å². The molecule has 0 fully saturated rings. The molecule has 7 heteroatoms. The SMILES string of the molecule is COc1cccc(COc2nc(Cl)nc3[nH]ncc23)c1. The molecular formula is C13H11ClN4O2. The van der Waals surface area contributed by atoms with Crippen LogP contribution < -0.4 is 9.47 Å². The molecule has 20 heavy (non-hydrogen) atoms. The highest BCUT2D eigenvalue weighted by Crippen LogP contribution is 2.23. The lowest BCUT2D eigenvalue weighted by Crippen LogP contribution is -1.99. The van der Waals surface area contributed by atoms with E-state index in [-0.39, 0.29) is 5.28 Å². The standard InChI is InChI=1S/C13H11ClN4O2/c1-19-9-4-2-3-8(5-9)7-20-12-10-6-15-18-11(10)16-13(14)17-12/h2-6H,7H2,1H3,(H,15,16,17,18). The quantitative estimate of drug-likeness (QED) is 0.748. The van der Waals surface area contributed by atoms with Crippen LogP contribution in [0.2, 0.25) is 5.28 Å². The smallest absolute Gasteiger partial charge is 0.229 e. The summed E-state index contributed by atoms with van der Waals surface area (Å²) in [5.74, 6) is 1.18. The summed E-state index contributed by atoms with van der Waals surface area (Å²) in [6, 6.07) is 7.62. The van der Waals surface area contributed by atoms with Gasteiger partial charge in [-0.1, -0.05) is 12.1 Å². The Morgan fingerprint density at radius 3 is 3.05 bits per heavy atom. The topological polar surface area (TPSA) is 72.9 Å². The average Bonchev–Trinajstić information content (AvgIpc) is 2.93. The fourth-order valence-electron chi connectivity index (χ4n) is 1.81. The van der Waals surface area contributed by atoms with Crippen molar-refractivity contribution < 1.29 is 9.47 Å². The predicted octanol–water partition coefficient (Wildman–Crippen LogP) is 2.59. The van der Waals surface area contributed by atoms with E-state index in [2.05, 4.69) is 20.2 Å². The molecule has 2 aromatic heterocycles. The van der Waals surface area contributed by atoms with Crippen molar-refractivity contribution in [3.63, 3.8) is 0 Å². The van der Waals surface area contributed by atoms with Gasteiger partial charge in [-0.25, -0.2) is 0 Å². The first-order valence-electron chi connectivity index (χ1n) is 5.88. The van der Waals surface area contributed by atoms with Gasteiger partial charge in [-0.05, 0) is 29.3 Å². The zero-order chi connectivity index (χ0) is 13.9. The molecule has 0 saturated heterocycles. The van der Waals surface area contributed by atoms with E-state index in [4.69, 9.17) is 21.1 Å². The number of hydrogen-bond donors (Lipinski definition) is 1. The lowest BCUT2D eigenvalue weighted by atomic mass is 10.2. The van der Waals surface area contributed by atoms with Gasteiger partial charge in [0.1, 0.15) is 17.7 Å². The van der Waals surface area contributed by atoms with Crippen LogP contribution in [0.3, 0.4) is 0 Å². The van der Waals surface area contributed by atoms with E-state index in [0.29, 0.717) is 23.5 Å². The summed E-state index contributed by atoms with van der Waals surface area (Å²) >= 11 is 5.84. The second-order valence-corrected chi connectivity index (χ2v) is 4.41. The Hall–Kier alpha value is -2.34. The van der Waals surface area contributed by atoms with Crippen LogP contribution in [0.4, 0.5) is 0 Å². The molecule has 102 valence electrons. The average molecular weight is 291 g/mol. The molecule has 1 N–H and O–H groups in total. The molecule has 3 aromatic rings. The number of halogens is 1. The van der Waals surface area contributed by atoms with Crippen LogP contribution in [0.5, 0.6) is 11.6 Å². The maximum absolute atomic E-state index is 5.84. The Bertz CT molecular complexity index is 744. The van der Waals surface area contributed by atoms with Crippen molar-refractivity contribution in [3.05, 3.63) is 41.3 Å².